The number of nitrogens with one attached hydrogen (secondary N) is 2. The van der Waals surface area contributed by atoms with Crippen LogP contribution >= 0.6 is 0 Å². The van der Waals surface area contributed by atoms with Crippen LogP contribution in [-0.4, -0.2) is 45.5 Å². The predicted molar refractivity (Wildman–Crippen MR) is 133 cm³/mol. The molecule has 0 bridgehead atoms. The van der Waals surface area contributed by atoms with Gasteiger partial charge in [-0.3, -0.25) is 9.59 Å². The van der Waals surface area contributed by atoms with Crippen molar-refractivity contribution >= 4 is 23.7 Å². The highest BCUT2D eigenvalue weighted by Crippen LogP contribution is 2.27. The van der Waals surface area contributed by atoms with Gasteiger partial charge in [0.05, 0.1) is 20.4 Å². The van der Waals surface area contributed by atoms with E-state index in [9.17, 15) is 9.59 Å². The first-order valence-corrected chi connectivity index (χ1v) is 10.7. The number of nitrogens with zero attached hydrogens (tertiary/aromatic N) is 1. The maximum atomic E-state index is 12.2. The van der Waals surface area contributed by atoms with E-state index in [2.05, 4.69) is 15.8 Å². The van der Waals surface area contributed by atoms with Crippen molar-refractivity contribution in [3.8, 4) is 23.0 Å². The van der Waals surface area contributed by atoms with Crippen molar-refractivity contribution in [2.45, 2.75) is 6.92 Å². The van der Waals surface area contributed by atoms with Gasteiger partial charge in [-0.1, -0.05) is 17.7 Å². The van der Waals surface area contributed by atoms with Gasteiger partial charge >= 0.3 is 0 Å². The highest BCUT2D eigenvalue weighted by Gasteiger charge is 2.09. The summed E-state index contributed by atoms with van der Waals surface area (Å²) < 4.78 is 21.4. The minimum atomic E-state index is -0.413. The van der Waals surface area contributed by atoms with Crippen molar-refractivity contribution in [2.24, 2.45) is 5.10 Å². The fourth-order valence-electron chi connectivity index (χ4n) is 2.89. The fourth-order valence-corrected chi connectivity index (χ4v) is 2.89. The molecule has 0 heterocycles. The number of ether oxygens (including phenoxy) is 4. The van der Waals surface area contributed by atoms with Crippen LogP contribution < -0.4 is 29.7 Å². The minimum absolute atomic E-state index is 0.179. The van der Waals surface area contributed by atoms with Crippen molar-refractivity contribution in [3.05, 3.63) is 77.9 Å². The molecule has 0 aliphatic carbocycles. The van der Waals surface area contributed by atoms with Crippen LogP contribution in [0.25, 0.3) is 0 Å². The van der Waals surface area contributed by atoms with Crippen molar-refractivity contribution < 1.29 is 28.5 Å². The number of amides is 2. The van der Waals surface area contributed by atoms with Gasteiger partial charge in [0.25, 0.3) is 11.8 Å². The molecule has 0 saturated heterocycles. The summed E-state index contributed by atoms with van der Waals surface area (Å²) in [6.45, 7) is 1.61. The Morgan fingerprint density at radius 2 is 1.49 bits per heavy atom. The van der Waals surface area contributed by atoms with E-state index >= 15 is 0 Å². The van der Waals surface area contributed by atoms with E-state index in [4.69, 9.17) is 18.9 Å². The van der Waals surface area contributed by atoms with Crippen molar-refractivity contribution in [1.82, 2.24) is 5.43 Å². The zero-order chi connectivity index (χ0) is 25.0. The van der Waals surface area contributed by atoms with Gasteiger partial charge in [-0.2, -0.15) is 5.10 Å². The van der Waals surface area contributed by atoms with E-state index in [1.807, 2.05) is 31.2 Å². The summed E-state index contributed by atoms with van der Waals surface area (Å²) >= 11 is 0. The molecule has 0 radical (unpaired) electrons. The number of hydrogen-bond donors (Lipinski definition) is 2. The topological polar surface area (TPSA) is 107 Å². The Bertz CT molecular complexity index is 1160. The van der Waals surface area contributed by atoms with E-state index in [1.165, 1.54) is 13.3 Å². The minimum Gasteiger partial charge on any atom is -0.497 e. The number of rotatable bonds is 11. The first kappa shape index (κ1) is 25.1. The first-order valence-electron chi connectivity index (χ1n) is 10.7. The molecule has 3 rings (SSSR count). The molecular weight excluding hydrogens is 450 g/mol. The largest absolute Gasteiger partial charge is 0.497 e. The summed E-state index contributed by atoms with van der Waals surface area (Å²) in [6, 6.07) is 19.4. The Labute approximate surface area is 203 Å². The summed E-state index contributed by atoms with van der Waals surface area (Å²) in [6.07, 6.45) is 1.46. The molecular formula is C26H27N3O6. The average Bonchev–Trinajstić information content (AvgIpc) is 2.88. The van der Waals surface area contributed by atoms with Crippen LogP contribution in [0.15, 0.2) is 71.8 Å². The summed E-state index contributed by atoms with van der Waals surface area (Å²) in [5.74, 6) is 1.36. The smallest absolute Gasteiger partial charge is 0.277 e. The van der Waals surface area contributed by atoms with Crippen molar-refractivity contribution in [2.75, 3.05) is 32.8 Å². The molecule has 3 aromatic carbocycles. The number of carbonyl (C=O) groups excluding carboxylic acids is 2. The number of hydrogen-bond acceptors (Lipinski definition) is 7. The summed E-state index contributed by atoms with van der Waals surface area (Å²) in [7, 11) is 3.07. The van der Waals surface area contributed by atoms with E-state index in [-0.39, 0.29) is 19.1 Å². The van der Waals surface area contributed by atoms with E-state index < -0.39 is 5.91 Å². The molecule has 0 aromatic heterocycles. The molecule has 2 amide bonds. The number of aryl methyl sites for hydroxylation is 1. The molecule has 9 heteroatoms. The van der Waals surface area contributed by atoms with E-state index in [1.54, 1.807) is 49.6 Å². The number of carbonyl (C=O) groups is 2. The highest BCUT2D eigenvalue weighted by molar-refractivity contribution is 5.92. The lowest BCUT2D eigenvalue weighted by atomic mass is 10.2. The molecule has 0 saturated carbocycles. The Kier molecular flexibility index (Phi) is 9.07. The summed E-state index contributed by atoms with van der Waals surface area (Å²) in [5, 5.41) is 6.70. The third-order valence-electron chi connectivity index (χ3n) is 4.71. The molecule has 0 fully saturated rings. The molecule has 0 unspecified atom stereocenters. The van der Waals surface area contributed by atoms with Crippen molar-refractivity contribution in [1.29, 1.82) is 0 Å². The molecule has 0 atom stereocenters. The van der Waals surface area contributed by atoms with Crippen LogP contribution in [0.1, 0.15) is 11.1 Å². The van der Waals surface area contributed by atoms with Gasteiger partial charge in [-0.25, -0.2) is 5.43 Å². The second kappa shape index (κ2) is 12.6. The lowest BCUT2D eigenvalue weighted by molar-refractivity contribution is -0.123. The maximum absolute atomic E-state index is 12.2. The molecule has 3 aromatic rings. The van der Waals surface area contributed by atoms with Crippen LogP contribution in [0.3, 0.4) is 0 Å². The lowest BCUT2D eigenvalue weighted by Gasteiger charge is -2.11. The quantitative estimate of drug-likeness (QED) is 0.323. The zero-order valence-corrected chi connectivity index (χ0v) is 19.7. The van der Waals surface area contributed by atoms with Gasteiger partial charge in [0.15, 0.2) is 24.7 Å². The highest BCUT2D eigenvalue weighted by atomic mass is 16.5. The van der Waals surface area contributed by atoms with Gasteiger partial charge in [0.1, 0.15) is 11.5 Å². The number of methoxy groups -OCH3 is 2. The average molecular weight is 478 g/mol. The third-order valence-corrected chi connectivity index (χ3v) is 4.71. The molecule has 0 spiro atoms. The van der Waals surface area contributed by atoms with Gasteiger partial charge in [0.2, 0.25) is 0 Å². The maximum Gasteiger partial charge on any atom is 0.277 e. The van der Waals surface area contributed by atoms with Gasteiger partial charge in [-0.15, -0.1) is 0 Å². The van der Waals surface area contributed by atoms with Crippen LogP contribution in [0, 0.1) is 6.92 Å². The monoisotopic (exact) mass is 477 g/mol. The predicted octanol–water partition coefficient (Wildman–Crippen LogP) is 3.56. The standard InChI is InChI=1S/C26H27N3O6/c1-18-4-7-20(8-5-18)28-25(30)16-35-23-13-6-19(14-24(23)33-3)15-27-29-26(31)17-34-22-11-9-21(32-2)10-12-22/h4-15H,16-17H2,1-3H3,(H,28,30)(H,29,31)/b27-15-. The SMILES string of the molecule is COc1ccc(OCC(=O)N/N=C\c2ccc(OCC(=O)Nc3ccc(C)cc3)c(OC)c2)cc1. The third kappa shape index (κ3) is 8.08. The van der Waals surface area contributed by atoms with Gasteiger partial charge in [0, 0.05) is 5.69 Å². The summed E-state index contributed by atoms with van der Waals surface area (Å²) in [5.41, 5.74) is 4.86. The summed E-state index contributed by atoms with van der Waals surface area (Å²) in [4.78, 5) is 24.1. The Morgan fingerprint density at radius 3 is 2.17 bits per heavy atom. The first-order chi connectivity index (χ1) is 17.0. The van der Waals surface area contributed by atoms with Crippen LogP contribution in [0.4, 0.5) is 5.69 Å². The second-order valence-electron chi connectivity index (χ2n) is 7.37. The molecule has 2 N–H and O–H groups in total. The van der Waals surface area contributed by atoms with E-state index in [0.29, 0.717) is 34.2 Å². The Balaban J connectivity index is 1.47. The van der Waals surface area contributed by atoms with Gasteiger partial charge < -0.3 is 24.3 Å². The molecule has 182 valence electrons. The molecule has 0 aliphatic rings. The fraction of sp³-hybridized carbons (Fsp3) is 0.192. The lowest BCUT2D eigenvalue weighted by Crippen LogP contribution is -2.24. The van der Waals surface area contributed by atoms with E-state index in [0.717, 1.165) is 5.56 Å². The van der Waals surface area contributed by atoms with Gasteiger partial charge in [-0.05, 0) is 67.1 Å². The molecule has 9 nitrogen and oxygen atoms in total. The number of benzene rings is 3. The molecule has 0 aliphatic heterocycles. The van der Waals surface area contributed by atoms with Crippen LogP contribution in [0.2, 0.25) is 0 Å². The number of hydrazone groups is 1. The Morgan fingerprint density at radius 1 is 0.800 bits per heavy atom. The molecule has 35 heavy (non-hydrogen) atoms. The Hall–Kier alpha value is -4.53. The normalized spacial score (nSPS) is 10.5. The number of anilines is 1. The zero-order valence-electron chi connectivity index (χ0n) is 19.7. The van der Waals surface area contributed by atoms with Crippen molar-refractivity contribution in [3.63, 3.8) is 0 Å². The van der Waals surface area contributed by atoms with Crippen LogP contribution in [-0.2, 0) is 9.59 Å². The van der Waals surface area contributed by atoms with Crippen LogP contribution in [0.5, 0.6) is 23.0 Å². The second-order valence-corrected chi connectivity index (χ2v) is 7.37.